The van der Waals surface area contributed by atoms with Crippen molar-refractivity contribution < 1.29 is 17.3 Å². The average molecular weight is 424 g/mol. The second-order valence-electron chi connectivity index (χ2n) is 6.75. The number of halogens is 1. The normalized spacial score (nSPS) is 16.2. The molecular weight excluding hydrogens is 397 g/mol. The van der Waals surface area contributed by atoms with Gasteiger partial charge in [0, 0.05) is 45.3 Å². The van der Waals surface area contributed by atoms with E-state index in [1.807, 2.05) is 6.92 Å². The van der Waals surface area contributed by atoms with Crippen molar-refractivity contribution in [3.05, 3.63) is 53.7 Å². The van der Waals surface area contributed by atoms with Crippen LogP contribution in [0.5, 0.6) is 0 Å². The maximum absolute atomic E-state index is 13.0. The van der Waals surface area contributed by atoms with E-state index in [-0.39, 0.29) is 11.6 Å². The van der Waals surface area contributed by atoms with Crippen LogP contribution in [-0.2, 0) is 22.2 Å². The molecule has 2 heterocycles. The smallest absolute Gasteiger partial charge is 0.220 e. The minimum atomic E-state index is -3.43. The zero-order chi connectivity index (χ0) is 20.7. The summed E-state index contributed by atoms with van der Waals surface area (Å²) in [6.45, 7) is 5.18. The third kappa shape index (κ3) is 6.01. The first-order chi connectivity index (χ1) is 14.0. The van der Waals surface area contributed by atoms with Crippen LogP contribution in [0.1, 0.15) is 18.2 Å². The molecule has 158 valence electrons. The van der Waals surface area contributed by atoms with E-state index >= 15 is 0 Å². The summed E-state index contributed by atoms with van der Waals surface area (Å²) in [5, 5.41) is 6.95. The first-order valence-electron chi connectivity index (χ1n) is 9.62. The van der Waals surface area contributed by atoms with E-state index in [1.165, 1.54) is 22.7 Å². The van der Waals surface area contributed by atoms with Crippen molar-refractivity contribution in [3.8, 4) is 0 Å². The SMILES string of the molecule is CCNC(=NCCc1ccc(F)cc1)N1CCN(S(=O)(=O)Cc2ccon2)CC1. The molecule has 1 N–H and O–H groups in total. The zero-order valence-corrected chi connectivity index (χ0v) is 17.2. The Morgan fingerprint density at radius 2 is 1.93 bits per heavy atom. The van der Waals surface area contributed by atoms with Gasteiger partial charge in [-0.25, -0.2) is 12.8 Å². The van der Waals surface area contributed by atoms with Crippen molar-refractivity contribution in [2.45, 2.75) is 19.1 Å². The predicted molar refractivity (Wildman–Crippen MR) is 108 cm³/mol. The molecule has 1 aliphatic rings. The van der Waals surface area contributed by atoms with E-state index < -0.39 is 10.0 Å². The van der Waals surface area contributed by atoms with E-state index in [9.17, 15) is 12.8 Å². The van der Waals surface area contributed by atoms with Crippen LogP contribution in [0.4, 0.5) is 4.39 Å². The number of piperazine rings is 1. The number of nitrogens with zero attached hydrogens (tertiary/aromatic N) is 4. The largest absolute Gasteiger partial charge is 0.364 e. The van der Waals surface area contributed by atoms with Crippen LogP contribution in [0.25, 0.3) is 0 Å². The fourth-order valence-electron chi connectivity index (χ4n) is 3.14. The predicted octanol–water partition coefficient (Wildman–Crippen LogP) is 1.47. The van der Waals surface area contributed by atoms with E-state index in [1.54, 1.807) is 18.2 Å². The molecule has 1 aliphatic heterocycles. The van der Waals surface area contributed by atoms with Crippen LogP contribution in [0.3, 0.4) is 0 Å². The molecule has 0 aliphatic carbocycles. The molecule has 0 spiro atoms. The van der Waals surface area contributed by atoms with E-state index in [4.69, 9.17) is 4.52 Å². The number of hydrogen-bond donors (Lipinski definition) is 1. The molecule has 1 aromatic heterocycles. The summed E-state index contributed by atoms with van der Waals surface area (Å²) in [6.07, 6.45) is 2.08. The van der Waals surface area contributed by atoms with Crippen LogP contribution >= 0.6 is 0 Å². The molecule has 2 aromatic rings. The summed E-state index contributed by atoms with van der Waals surface area (Å²) < 4.78 is 44.3. The third-order valence-electron chi connectivity index (χ3n) is 4.66. The van der Waals surface area contributed by atoms with Gasteiger partial charge < -0.3 is 14.7 Å². The van der Waals surface area contributed by atoms with E-state index in [2.05, 4.69) is 20.4 Å². The summed E-state index contributed by atoms with van der Waals surface area (Å²) in [7, 11) is -3.43. The highest BCUT2D eigenvalue weighted by atomic mass is 32.2. The number of rotatable bonds is 7. The minimum Gasteiger partial charge on any atom is -0.364 e. The molecule has 0 radical (unpaired) electrons. The lowest BCUT2D eigenvalue weighted by Gasteiger charge is -2.35. The Morgan fingerprint density at radius 1 is 1.21 bits per heavy atom. The van der Waals surface area contributed by atoms with Crippen molar-refractivity contribution in [2.24, 2.45) is 4.99 Å². The van der Waals surface area contributed by atoms with Crippen LogP contribution in [0.15, 0.2) is 46.1 Å². The van der Waals surface area contributed by atoms with Gasteiger partial charge in [-0.2, -0.15) is 4.31 Å². The van der Waals surface area contributed by atoms with Crippen molar-refractivity contribution in [3.63, 3.8) is 0 Å². The summed E-state index contributed by atoms with van der Waals surface area (Å²) >= 11 is 0. The van der Waals surface area contributed by atoms with Crippen LogP contribution in [-0.4, -0.2) is 68.0 Å². The van der Waals surface area contributed by atoms with Gasteiger partial charge in [-0.15, -0.1) is 0 Å². The van der Waals surface area contributed by atoms with Crippen LogP contribution < -0.4 is 5.32 Å². The standard InChI is InChI=1S/C19H26FN5O3S/c1-2-21-19(22-9-7-16-3-5-17(20)6-4-16)24-10-12-25(13-11-24)29(26,27)15-18-8-14-28-23-18/h3-6,8,14H,2,7,9-13,15H2,1H3,(H,21,22). The lowest BCUT2D eigenvalue weighted by Crippen LogP contribution is -2.54. The van der Waals surface area contributed by atoms with Crippen LogP contribution in [0, 0.1) is 5.82 Å². The number of guanidine groups is 1. The highest BCUT2D eigenvalue weighted by Gasteiger charge is 2.28. The van der Waals surface area contributed by atoms with E-state index in [0.717, 1.165) is 18.1 Å². The Morgan fingerprint density at radius 3 is 2.55 bits per heavy atom. The molecule has 8 nitrogen and oxygen atoms in total. The van der Waals surface area contributed by atoms with Crippen LogP contribution in [0.2, 0.25) is 0 Å². The Bertz CT molecular complexity index is 892. The summed E-state index contributed by atoms with van der Waals surface area (Å²) in [5.74, 6) is 0.361. The molecule has 29 heavy (non-hydrogen) atoms. The summed E-state index contributed by atoms with van der Waals surface area (Å²) in [6, 6.07) is 7.98. The molecule has 3 rings (SSSR count). The molecule has 1 aromatic carbocycles. The quantitative estimate of drug-likeness (QED) is 0.536. The molecule has 0 unspecified atom stereocenters. The first-order valence-corrected chi connectivity index (χ1v) is 11.2. The van der Waals surface area contributed by atoms with Crippen molar-refractivity contribution >= 4 is 16.0 Å². The van der Waals surface area contributed by atoms with Gasteiger partial charge in [-0.3, -0.25) is 4.99 Å². The Hall–Kier alpha value is -2.46. The number of aromatic nitrogens is 1. The molecular formula is C19H26FN5O3S. The highest BCUT2D eigenvalue weighted by Crippen LogP contribution is 2.13. The highest BCUT2D eigenvalue weighted by molar-refractivity contribution is 7.88. The van der Waals surface area contributed by atoms with Crippen molar-refractivity contribution in [1.82, 2.24) is 19.7 Å². The monoisotopic (exact) mass is 423 g/mol. The Kier molecular flexibility index (Phi) is 7.21. The van der Waals surface area contributed by atoms with Gasteiger partial charge in [0.1, 0.15) is 17.8 Å². The fourth-order valence-corrected chi connectivity index (χ4v) is 4.56. The van der Waals surface area contributed by atoms with Gasteiger partial charge in [0.15, 0.2) is 5.96 Å². The second kappa shape index (κ2) is 9.84. The van der Waals surface area contributed by atoms with E-state index in [0.29, 0.717) is 44.8 Å². The topological polar surface area (TPSA) is 91.0 Å². The van der Waals surface area contributed by atoms with Crippen molar-refractivity contribution in [1.29, 1.82) is 0 Å². The molecule has 0 saturated carbocycles. The number of benzene rings is 1. The molecule has 0 amide bonds. The number of hydrogen-bond acceptors (Lipinski definition) is 5. The number of sulfonamides is 1. The molecule has 10 heteroatoms. The minimum absolute atomic E-state index is 0.157. The number of nitrogens with one attached hydrogen (secondary N) is 1. The maximum Gasteiger partial charge on any atom is 0.220 e. The third-order valence-corrected chi connectivity index (χ3v) is 6.48. The Labute approximate surface area is 170 Å². The first kappa shape index (κ1) is 21.3. The lowest BCUT2D eigenvalue weighted by molar-refractivity contribution is 0.260. The van der Waals surface area contributed by atoms with Crippen molar-refractivity contribution in [2.75, 3.05) is 39.3 Å². The van der Waals surface area contributed by atoms with Gasteiger partial charge >= 0.3 is 0 Å². The Balaban J connectivity index is 1.55. The average Bonchev–Trinajstić information content (AvgIpc) is 3.21. The van der Waals surface area contributed by atoms with Gasteiger partial charge in [0.25, 0.3) is 0 Å². The zero-order valence-electron chi connectivity index (χ0n) is 16.4. The number of aliphatic imine (C=N–C) groups is 1. The lowest BCUT2D eigenvalue weighted by atomic mass is 10.1. The molecule has 1 fully saturated rings. The second-order valence-corrected chi connectivity index (χ2v) is 8.71. The maximum atomic E-state index is 13.0. The van der Waals surface area contributed by atoms with Gasteiger partial charge in [-0.05, 0) is 31.0 Å². The molecule has 0 bridgehead atoms. The molecule has 0 atom stereocenters. The van der Waals surface area contributed by atoms with Gasteiger partial charge in [0.05, 0.1) is 5.69 Å². The summed E-state index contributed by atoms with van der Waals surface area (Å²) in [5.41, 5.74) is 1.43. The summed E-state index contributed by atoms with van der Waals surface area (Å²) in [4.78, 5) is 6.72. The molecule has 1 saturated heterocycles. The fraction of sp³-hybridized carbons (Fsp3) is 0.474. The van der Waals surface area contributed by atoms with Gasteiger partial charge in [0.2, 0.25) is 10.0 Å². The van der Waals surface area contributed by atoms with Gasteiger partial charge in [-0.1, -0.05) is 17.3 Å².